The number of rotatable bonds is 6. The zero-order valence-electron chi connectivity index (χ0n) is 14.8. The number of ether oxygens (including phenoxy) is 1. The minimum atomic E-state index is -0.987. The highest BCUT2D eigenvalue weighted by Gasteiger charge is 2.32. The SMILES string of the molecule is CC1Oc2ccccc2N(CC(=O)NCCc2cccc(C(=O)O)c2)C1=O. The van der Waals surface area contributed by atoms with E-state index < -0.39 is 12.1 Å². The molecule has 0 aliphatic carbocycles. The number of amides is 2. The number of hydrogen-bond acceptors (Lipinski definition) is 4. The Labute approximate surface area is 156 Å². The molecule has 0 fully saturated rings. The number of carbonyl (C=O) groups is 3. The molecule has 2 aromatic carbocycles. The lowest BCUT2D eigenvalue weighted by Crippen LogP contribution is -2.49. The highest BCUT2D eigenvalue weighted by atomic mass is 16.5. The lowest BCUT2D eigenvalue weighted by molar-refractivity contribution is -0.128. The van der Waals surface area contributed by atoms with Crippen LogP contribution in [0.25, 0.3) is 0 Å². The van der Waals surface area contributed by atoms with Gasteiger partial charge in [0.25, 0.3) is 5.91 Å². The van der Waals surface area contributed by atoms with Gasteiger partial charge in [-0.15, -0.1) is 0 Å². The second kappa shape index (κ2) is 7.90. The summed E-state index contributed by atoms with van der Waals surface area (Å²) >= 11 is 0. The van der Waals surface area contributed by atoms with E-state index >= 15 is 0 Å². The first-order chi connectivity index (χ1) is 13.0. The van der Waals surface area contributed by atoms with E-state index in [2.05, 4.69) is 5.32 Å². The second-order valence-electron chi connectivity index (χ2n) is 6.26. The molecule has 27 heavy (non-hydrogen) atoms. The van der Waals surface area contributed by atoms with E-state index in [1.54, 1.807) is 37.3 Å². The molecule has 0 aromatic heterocycles. The number of carbonyl (C=O) groups excluding carboxylic acids is 2. The van der Waals surface area contributed by atoms with Crippen molar-refractivity contribution in [2.24, 2.45) is 0 Å². The van der Waals surface area contributed by atoms with Crippen molar-refractivity contribution in [3.8, 4) is 5.75 Å². The van der Waals surface area contributed by atoms with Gasteiger partial charge in [0, 0.05) is 6.54 Å². The predicted molar refractivity (Wildman–Crippen MR) is 99.0 cm³/mol. The fourth-order valence-corrected chi connectivity index (χ4v) is 2.93. The third kappa shape index (κ3) is 4.25. The predicted octanol–water partition coefficient (Wildman–Crippen LogP) is 1.86. The first-order valence-corrected chi connectivity index (χ1v) is 8.61. The molecule has 2 aromatic rings. The minimum Gasteiger partial charge on any atom is -0.479 e. The topological polar surface area (TPSA) is 95.9 Å². The summed E-state index contributed by atoms with van der Waals surface area (Å²) in [5, 5.41) is 11.8. The molecule has 0 spiro atoms. The maximum absolute atomic E-state index is 12.4. The Morgan fingerprint density at radius 2 is 1.96 bits per heavy atom. The normalized spacial score (nSPS) is 15.7. The highest BCUT2D eigenvalue weighted by molar-refractivity contribution is 6.03. The largest absolute Gasteiger partial charge is 0.479 e. The molecule has 1 aliphatic rings. The summed E-state index contributed by atoms with van der Waals surface area (Å²) in [5.41, 5.74) is 1.60. The van der Waals surface area contributed by atoms with Gasteiger partial charge in [-0.1, -0.05) is 24.3 Å². The molecule has 2 N–H and O–H groups in total. The van der Waals surface area contributed by atoms with Crippen LogP contribution in [0.3, 0.4) is 0 Å². The van der Waals surface area contributed by atoms with Gasteiger partial charge in [0.05, 0.1) is 11.3 Å². The quantitative estimate of drug-likeness (QED) is 0.811. The summed E-state index contributed by atoms with van der Waals surface area (Å²) in [6.45, 7) is 1.90. The molecule has 1 atom stereocenters. The average Bonchev–Trinajstić information content (AvgIpc) is 2.65. The van der Waals surface area contributed by atoms with E-state index in [4.69, 9.17) is 9.84 Å². The zero-order valence-corrected chi connectivity index (χ0v) is 14.8. The van der Waals surface area contributed by atoms with E-state index in [1.165, 1.54) is 11.0 Å². The summed E-state index contributed by atoms with van der Waals surface area (Å²) in [7, 11) is 0. The van der Waals surface area contributed by atoms with Crippen molar-refractivity contribution in [2.75, 3.05) is 18.0 Å². The average molecular weight is 368 g/mol. The highest BCUT2D eigenvalue weighted by Crippen LogP contribution is 2.33. The number of anilines is 1. The van der Waals surface area contributed by atoms with Gasteiger partial charge < -0.3 is 15.2 Å². The third-order valence-electron chi connectivity index (χ3n) is 4.29. The molecule has 7 heteroatoms. The molecule has 2 amide bonds. The Morgan fingerprint density at radius 3 is 2.74 bits per heavy atom. The van der Waals surface area contributed by atoms with Crippen LogP contribution in [0.4, 0.5) is 5.69 Å². The maximum atomic E-state index is 12.4. The van der Waals surface area contributed by atoms with Gasteiger partial charge in [-0.2, -0.15) is 0 Å². The Balaban J connectivity index is 1.59. The van der Waals surface area contributed by atoms with Gasteiger partial charge in [-0.3, -0.25) is 14.5 Å². The summed E-state index contributed by atoms with van der Waals surface area (Å²) in [6.07, 6.45) is -0.150. The molecule has 0 bridgehead atoms. The Bertz CT molecular complexity index is 880. The fourth-order valence-electron chi connectivity index (χ4n) is 2.93. The van der Waals surface area contributed by atoms with E-state index in [9.17, 15) is 14.4 Å². The van der Waals surface area contributed by atoms with Gasteiger partial charge in [0.15, 0.2) is 6.10 Å². The Hall–Kier alpha value is -3.35. The van der Waals surface area contributed by atoms with Gasteiger partial charge in [0.1, 0.15) is 12.3 Å². The van der Waals surface area contributed by atoms with Gasteiger partial charge >= 0.3 is 5.97 Å². The van der Waals surface area contributed by atoms with Crippen LogP contribution in [-0.4, -0.2) is 42.1 Å². The number of nitrogens with one attached hydrogen (secondary N) is 1. The van der Waals surface area contributed by atoms with Gasteiger partial charge in [-0.05, 0) is 43.2 Å². The Morgan fingerprint density at radius 1 is 1.19 bits per heavy atom. The van der Waals surface area contributed by atoms with Crippen LogP contribution in [-0.2, 0) is 16.0 Å². The van der Waals surface area contributed by atoms with Crippen molar-refractivity contribution in [1.29, 1.82) is 0 Å². The Kier molecular flexibility index (Phi) is 5.40. The third-order valence-corrected chi connectivity index (χ3v) is 4.29. The zero-order chi connectivity index (χ0) is 19.4. The van der Waals surface area contributed by atoms with Crippen molar-refractivity contribution in [2.45, 2.75) is 19.4 Å². The summed E-state index contributed by atoms with van der Waals surface area (Å²) in [4.78, 5) is 37.1. The number of hydrogen-bond donors (Lipinski definition) is 2. The summed E-state index contributed by atoms with van der Waals surface area (Å²) < 4.78 is 5.55. The smallest absolute Gasteiger partial charge is 0.335 e. The molecule has 7 nitrogen and oxygen atoms in total. The van der Waals surface area contributed by atoms with Crippen molar-refractivity contribution in [3.63, 3.8) is 0 Å². The lowest BCUT2D eigenvalue weighted by Gasteiger charge is -2.32. The first-order valence-electron chi connectivity index (χ1n) is 8.61. The molecular weight excluding hydrogens is 348 g/mol. The number of carboxylic acid groups (broad SMARTS) is 1. The number of carboxylic acids is 1. The fraction of sp³-hybridized carbons (Fsp3) is 0.250. The maximum Gasteiger partial charge on any atom is 0.335 e. The van der Waals surface area contributed by atoms with Crippen molar-refractivity contribution >= 4 is 23.5 Å². The van der Waals surface area contributed by atoms with Crippen LogP contribution < -0.4 is 15.0 Å². The van der Waals surface area contributed by atoms with Crippen LogP contribution >= 0.6 is 0 Å². The van der Waals surface area contributed by atoms with Crippen LogP contribution in [0, 0.1) is 0 Å². The number of nitrogens with zero attached hydrogens (tertiary/aromatic N) is 1. The molecule has 0 saturated heterocycles. The number of para-hydroxylation sites is 2. The van der Waals surface area contributed by atoms with Gasteiger partial charge in [0.2, 0.25) is 5.91 Å². The van der Waals surface area contributed by atoms with Crippen molar-refractivity contribution < 1.29 is 24.2 Å². The molecule has 0 saturated carbocycles. The molecular formula is C20H20N2O5. The lowest BCUT2D eigenvalue weighted by atomic mass is 10.1. The standard InChI is InChI=1S/C20H20N2O5/c1-13-19(24)22(16-7-2-3-8-17(16)27-13)12-18(23)21-10-9-14-5-4-6-15(11-14)20(25)26/h2-8,11,13H,9-10,12H2,1H3,(H,21,23)(H,25,26). The van der Waals surface area contributed by atoms with Crippen LogP contribution in [0.15, 0.2) is 48.5 Å². The first kappa shape index (κ1) is 18.4. The van der Waals surface area contributed by atoms with Crippen LogP contribution in [0.1, 0.15) is 22.8 Å². The number of benzene rings is 2. The molecule has 1 aliphatic heterocycles. The molecule has 1 unspecified atom stereocenters. The molecule has 3 rings (SSSR count). The van der Waals surface area contributed by atoms with E-state index in [0.29, 0.717) is 24.4 Å². The summed E-state index contributed by atoms with van der Waals surface area (Å²) in [6, 6.07) is 13.7. The molecule has 140 valence electrons. The van der Waals surface area contributed by atoms with Crippen LogP contribution in [0.2, 0.25) is 0 Å². The minimum absolute atomic E-state index is 0.0985. The van der Waals surface area contributed by atoms with Gasteiger partial charge in [-0.25, -0.2) is 4.79 Å². The van der Waals surface area contributed by atoms with Crippen LogP contribution in [0.5, 0.6) is 5.75 Å². The monoisotopic (exact) mass is 368 g/mol. The number of aromatic carboxylic acids is 1. The van der Waals surface area contributed by atoms with E-state index in [0.717, 1.165) is 5.56 Å². The summed E-state index contributed by atoms with van der Waals surface area (Å²) in [5.74, 6) is -0.970. The van der Waals surface area contributed by atoms with E-state index in [1.807, 2.05) is 12.1 Å². The number of fused-ring (bicyclic) bond motifs is 1. The molecule has 0 radical (unpaired) electrons. The molecule has 1 heterocycles. The van der Waals surface area contributed by atoms with Crippen molar-refractivity contribution in [3.05, 3.63) is 59.7 Å². The second-order valence-corrected chi connectivity index (χ2v) is 6.26. The van der Waals surface area contributed by atoms with E-state index in [-0.39, 0.29) is 23.9 Å². The van der Waals surface area contributed by atoms with Crippen molar-refractivity contribution in [1.82, 2.24) is 5.32 Å².